The van der Waals surface area contributed by atoms with Gasteiger partial charge in [0.15, 0.2) is 0 Å². The molecule has 0 N–H and O–H groups in total. The molecule has 0 fully saturated rings. The van der Waals surface area contributed by atoms with Crippen LogP contribution in [0, 0.1) is 12.7 Å². The van der Waals surface area contributed by atoms with E-state index in [1.54, 1.807) is 38.6 Å². The number of pyridine rings is 1. The number of benzene rings is 2. The van der Waals surface area contributed by atoms with Crippen LogP contribution in [0.2, 0.25) is 0 Å². The molecule has 5 heteroatoms. The third-order valence-electron chi connectivity index (χ3n) is 5.30. The Labute approximate surface area is 163 Å². The summed E-state index contributed by atoms with van der Waals surface area (Å²) in [7, 11) is 3.21. The van der Waals surface area contributed by atoms with Crippen molar-refractivity contribution in [3.8, 4) is 28.3 Å². The van der Waals surface area contributed by atoms with E-state index in [0.717, 1.165) is 40.7 Å². The monoisotopic (exact) mass is 379 g/mol. The van der Waals surface area contributed by atoms with E-state index in [2.05, 4.69) is 0 Å². The number of aryl methyl sites for hydroxylation is 1. The number of fused-ring (bicyclic) bond motifs is 1. The summed E-state index contributed by atoms with van der Waals surface area (Å²) in [4.78, 5) is 13.1. The van der Waals surface area contributed by atoms with Crippen molar-refractivity contribution in [2.45, 2.75) is 26.2 Å². The molecule has 1 heterocycles. The fourth-order valence-corrected chi connectivity index (χ4v) is 3.89. The molecule has 4 rings (SSSR count). The highest BCUT2D eigenvalue weighted by Gasteiger charge is 2.23. The van der Waals surface area contributed by atoms with Crippen molar-refractivity contribution in [2.24, 2.45) is 0 Å². The van der Waals surface area contributed by atoms with Gasteiger partial charge < -0.3 is 9.47 Å². The third-order valence-corrected chi connectivity index (χ3v) is 5.30. The number of rotatable bonds is 4. The molecule has 0 bridgehead atoms. The molecular weight excluding hydrogens is 357 g/mol. The van der Waals surface area contributed by atoms with Gasteiger partial charge in [-0.15, -0.1) is 0 Å². The van der Waals surface area contributed by atoms with Gasteiger partial charge in [-0.3, -0.25) is 9.36 Å². The predicted octanol–water partition coefficient (Wildman–Crippen LogP) is 4.46. The number of halogens is 1. The van der Waals surface area contributed by atoms with E-state index >= 15 is 0 Å². The molecule has 0 spiro atoms. The minimum absolute atomic E-state index is 0.143. The zero-order valence-corrected chi connectivity index (χ0v) is 16.2. The molecule has 0 aliphatic heterocycles. The Balaban J connectivity index is 2.01. The molecule has 144 valence electrons. The summed E-state index contributed by atoms with van der Waals surface area (Å²) < 4.78 is 26.8. The first-order valence-electron chi connectivity index (χ1n) is 9.29. The maximum absolute atomic E-state index is 14.6. The SMILES string of the molecule is COc1cc(OC)cc(-c2cn(-c3cc(C)ccc3F)c(=O)c3c2CCC3)c1. The lowest BCUT2D eigenvalue weighted by atomic mass is 9.98. The van der Waals surface area contributed by atoms with Crippen molar-refractivity contribution in [1.82, 2.24) is 4.57 Å². The predicted molar refractivity (Wildman–Crippen MR) is 107 cm³/mol. The second-order valence-corrected chi connectivity index (χ2v) is 7.08. The third kappa shape index (κ3) is 3.07. The molecule has 28 heavy (non-hydrogen) atoms. The molecule has 0 unspecified atom stereocenters. The Bertz CT molecular complexity index is 1100. The Morgan fingerprint density at radius 2 is 1.64 bits per heavy atom. The Hall–Kier alpha value is -3.08. The van der Waals surface area contributed by atoms with Gasteiger partial charge in [-0.1, -0.05) is 6.07 Å². The molecular formula is C23H22FNO3. The molecule has 0 saturated heterocycles. The number of hydrogen-bond donors (Lipinski definition) is 0. The highest BCUT2D eigenvalue weighted by Crippen LogP contribution is 2.35. The second-order valence-electron chi connectivity index (χ2n) is 7.08. The van der Waals surface area contributed by atoms with Crippen molar-refractivity contribution in [2.75, 3.05) is 14.2 Å². The molecule has 1 aromatic heterocycles. The molecule has 0 atom stereocenters. The number of methoxy groups -OCH3 is 2. The van der Waals surface area contributed by atoms with Crippen LogP contribution >= 0.6 is 0 Å². The van der Waals surface area contributed by atoms with Gasteiger partial charge in [-0.2, -0.15) is 0 Å². The van der Waals surface area contributed by atoms with Crippen LogP contribution in [-0.2, 0) is 12.8 Å². The van der Waals surface area contributed by atoms with Gasteiger partial charge in [0.25, 0.3) is 5.56 Å². The Morgan fingerprint density at radius 1 is 0.964 bits per heavy atom. The first-order chi connectivity index (χ1) is 13.5. The molecule has 2 aromatic carbocycles. The van der Waals surface area contributed by atoms with Crippen LogP contribution in [-0.4, -0.2) is 18.8 Å². The van der Waals surface area contributed by atoms with Crippen molar-refractivity contribution in [3.05, 3.63) is 75.5 Å². The van der Waals surface area contributed by atoms with E-state index in [-0.39, 0.29) is 11.2 Å². The maximum atomic E-state index is 14.6. The summed E-state index contributed by atoms with van der Waals surface area (Å²) in [6.45, 7) is 1.88. The standard InChI is InChI=1S/C23H22FNO3/c1-14-7-8-21(24)22(9-14)25-13-20(18-5-4-6-19(18)23(25)26)15-10-16(27-2)12-17(11-15)28-3/h7-13H,4-6H2,1-3H3. The topological polar surface area (TPSA) is 40.5 Å². The van der Waals surface area contributed by atoms with Gasteiger partial charge >= 0.3 is 0 Å². The van der Waals surface area contributed by atoms with Crippen LogP contribution in [0.5, 0.6) is 11.5 Å². The van der Waals surface area contributed by atoms with Gasteiger partial charge in [-0.05, 0) is 67.1 Å². The summed E-state index contributed by atoms with van der Waals surface area (Å²) in [5.41, 5.74) is 4.62. The van der Waals surface area contributed by atoms with Gasteiger partial charge in [0.05, 0.1) is 19.9 Å². The van der Waals surface area contributed by atoms with Crippen molar-refractivity contribution in [1.29, 1.82) is 0 Å². The van der Waals surface area contributed by atoms with Gasteiger partial charge in [-0.25, -0.2) is 4.39 Å². The molecule has 1 aliphatic carbocycles. The lowest BCUT2D eigenvalue weighted by molar-refractivity contribution is 0.394. The van der Waals surface area contributed by atoms with Crippen molar-refractivity contribution < 1.29 is 13.9 Å². The van der Waals surface area contributed by atoms with Crippen molar-refractivity contribution in [3.63, 3.8) is 0 Å². The number of nitrogens with zero attached hydrogens (tertiary/aromatic N) is 1. The summed E-state index contributed by atoms with van der Waals surface area (Å²) in [5, 5.41) is 0. The highest BCUT2D eigenvalue weighted by atomic mass is 19.1. The van der Waals surface area contributed by atoms with E-state index in [1.807, 2.05) is 19.1 Å². The second kappa shape index (κ2) is 7.15. The zero-order chi connectivity index (χ0) is 19.8. The summed E-state index contributed by atoms with van der Waals surface area (Å²) in [6.07, 6.45) is 4.20. The zero-order valence-electron chi connectivity index (χ0n) is 16.2. The van der Waals surface area contributed by atoms with Crippen LogP contribution in [0.3, 0.4) is 0 Å². The summed E-state index contributed by atoms with van der Waals surface area (Å²) in [6, 6.07) is 10.4. The first kappa shape index (κ1) is 18.3. The van der Waals surface area contributed by atoms with Crippen LogP contribution < -0.4 is 15.0 Å². The van der Waals surface area contributed by atoms with Gasteiger partial charge in [0.2, 0.25) is 0 Å². The normalized spacial score (nSPS) is 12.7. The van der Waals surface area contributed by atoms with E-state index in [9.17, 15) is 9.18 Å². The average molecular weight is 379 g/mol. The molecule has 1 aliphatic rings. The smallest absolute Gasteiger partial charge is 0.258 e. The van der Waals surface area contributed by atoms with E-state index in [4.69, 9.17) is 9.47 Å². The molecule has 0 saturated carbocycles. The minimum Gasteiger partial charge on any atom is -0.497 e. The average Bonchev–Trinajstić information content (AvgIpc) is 3.20. The van der Waals surface area contributed by atoms with Crippen LogP contribution in [0.4, 0.5) is 4.39 Å². The summed E-state index contributed by atoms with van der Waals surface area (Å²) in [5.74, 6) is 0.918. The molecule has 4 nitrogen and oxygen atoms in total. The van der Waals surface area contributed by atoms with Crippen LogP contribution in [0.1, 0.15) is 23.1 Å². The molecule has 0 amide bonds. The first-order valence-corrected chi connectivity index (χ1v) is 9.29. The Kier molecular flexibility index (Phi) is 4.67. The fraction of sp³-hybridized carbons (Fsp3) is 0.261. The van der Waals surface area contributed by atoms with Crippen molar-refractivity contribution >= 4 is 0 Å². The minimum atomic E-state index is -0.417. The fourth-order valence-electron chi connectivity index (χ4n) is 3.89. The van der Waals surface area contributed by atoms with E-state index in [0.29, 0.717) is 17.9 Å². The summed E-state index contributed by atoms with van der Waals surface area (Å²) >= 11 is 0. The van der Waals surface area contributed by atoms with Crippen LogP contribution in [0.25, 0.3) is 16.8 Å². The van der Waals surface area contributed by atoms with Crippen LogP contribution in [0.15, 0.2) is 47.4 Å². The lowest BCUT2D eigenvalue weighted by Gasteiger charge is -2.16. The number of ether oxygens (including phenoxy) is 2. The maximum Gasteiger partial charge on any atom is 0.258 e. The quantitative estimate of drug-likeness (QED) is 0.672. The molecule has 0 radical (unpaired) electrons. The number of hydrogen-bond acceptors (Lipinski definition) is 3. The van der Waals surface area contributed by atoms with E-state index in [1.165, 1.54) is 10.6 Å². The number of aromatic nitrogens is 1. The highest BCUT2D eigenvalue weighted by molar-refractivity contribution is 5.72. The Morgan fingerprint density at radius 3 is 2.32 bits per heavy atom. The van der Waals surface area contributed by atoms with Gasteiger partial charge in [0.1, 0.15) is 17.3 Å². The van der Waals surface area contributed by atoms with Gasteiger partial charge in [0, 0.05) is 23.4 Å². The lowest BCUT2D eigenvalue weighted by Crippen LogP contribution is -2.23. The molecule has 3 aromatic rings. The van der Waals surface area contributed by atoms with E-state index < -0.39 is 5.82 Å². The largest absolute Gasteiger partial charge is 0.497 e.